The molecular weight excluding hydrogens is 669 g/mol. The van der Waals surface area contributed by atoms with E-state index in [2.05, 4.69) is 35.2 Å². The van der Waals surface area contributed by atoms with Gasteiger partial charge in [0, 0.05) is 66.2 Å². The van der Waals surface area contributed by atoms with Crippen molar-refractivity contribution in [3.63, 3.8) is 0 Å². The number of rotatable bonds is 19. The number of anilines is 1. The molecule has 3 aromatic rings. The maximum absolute atomic E-state index is 14.1. The Hall–Kier alpha value is -3.03. The predicted molar refractivity (Wildman–Crippen MR) is 197 cm³/mol. The van der Waals surface area contributed by atoms with Crippen LogP contribution < -0.4 is 9.64 Å². The molecule has 1 aliphatic carbocycles. The molecule has 3 aliphatic rings. The predicted octanol–water partition coefficient (Wildman–Crippen LogP) is 5.95. The lowest BCUT2D eigenvalue weighted by Gasteiger charge is -2.43. The largest absolute Gasteiger partial charge is 0.490 e. The van der Waals surface area contributed by atoms with Gasteiger partial charge < -0.3 is 33.3 Å². The Balaban J connectivity index is 1.27. The van der Waals surface area contributed by atoms with Gasteiger partial charge in [0.05, 0.1) is 42.5 Å². The summed E-state index contributed by atoms with van der Waals surface area (Å²) in [7, 11) is -0.423. The van der Waals surface area contributed by atoms with Gasteiger partial charge in [0.1, 0.15) is 12.4 Å². The summed E-state index contributed by atoms with van der Waals surface area (Å²) in [6.07, 6.45) is 3.22. The van der Waals surface area contributed by atoms with Crippen molar-refractivity contribution in [2.45, 2.75) is 68.8 Å². The molecule has 0 unspecified atom stereocenters. The Morgan fingerprint density at radius 2 is 1.51 bits per heavy atom. The number of fused-ring (bicyclic) bond motifs is 1. The lowest BCUT2D eigenvalue weighted by molar-refractivity contribution is -0.0806. The quantitative estimate of drug-likeness (QED) is 0.139. The first kappa shape index (κ1) is 37.7. The van der Waals surface area contributed by atoms with Crippen molar-refractivity contribution < 1.29 is 36.8 Å². The minimum Gasteiger partial charge on any atom is -0.490 e. The minimum absolute atomic E-state index is 0.197. The van der Waals surface area contributed by atoms with Gasteiger partial charge in [0.2, 0.25) is 10.0 Å². The van der Waals surface area contributed by atoms with E-state index in [1.165, 1.54) is 17.1 Å². The van der Waals surface area contributed by atoms with Crippen molar-refractivity contribution in [3.05, 3.63) is 89.0 Å². The number of methoxy groups -OCH3 is 2. The Morgan fingerprint density at radius 3 is 2.24 bits per heavy atom. The maximum Gasteiger partial charge on any atom is 0.243 e. The number of benzene rings is 3. The molecule has 11 heteroatoms. The molecule has 278 valence electrons. The monoisotopic (exact) mass is 722 g/mol. The molecule has 0 amide bonds. The van der Waals surface area contributed by atoms with E-state index in [1.54, 1.807) is 26.4 Å². The number of hydrogen-bond acceptors (Lipinski definition) is 9. The van der Waals surface area contributed by atoms with Crippen LogP contribution in [0.5, 0.6) is 5.75 Å². The second kappa shape index (κ2) is 18.1. The van der Waals surface area contributed by atoms with Crippen molar-refractivity contribution in [3.8, 4) is 5.75 Å². The van der Waals surface area contributed by atoms with E-state index in [-0.39, 0.29) is 23.9 Å². The van der Waals surface area contributed by atoms with Gasteiger partial charge >= 0.3 is 0 Å². The van der Waals surface area contributed by atoms with Crippen LogP contribution in [-0.2, 0) is 46.9 Å². The molecule has 10 nitrogen and oxygen atoms in total. The normalized spacial score (nSPS) is 21.0. The summed E-state index contributed by atoms with van der Waals surface area (Å²) in [4.78, 5) is 2.60. The van der Waals surface area contributed by atoms with E-state index in [4.69, 9.17) is 28.4 Å². The molecule has 3 atom stereocenters. The van der Waals surface area contributed by atoms with Crippen LogP contribution in [0.2, 0.25) is 0 Å². The van der Waals surface area contributed by atoms with Crippen molar-refractivity contribution in [2.24, 2.45) is 5.92 Å². The first-order valence-electron chi connectivity index (χ1n) is 18.3. The van der Waals surface area contributed by atoms with Gasteiger partial charge in [0.15, 0.2) is 0 Å². The van der Waals surface area contributed by atoms with Gasteiger partial charge in [-0.05, 0) is 79.5 Å². The second-order valence-corrected chi connectivity index (χ2v) is 15.9. The molecule has 0 spiro atoms. The van der Waals surface area contributed by atoms with Gasteiger partial charge in [-0.3, -0.25) is 0 Å². The van der Waals surface area contributed by atoms with E-state index in [0.29, 0.717) is 52.0 Å². The molecule has 2 fully saturated rings. The lowest BCUT2D eigenvalue weighted by atomic mass is 9.85. The van der Waals surface area contributed by atoms with Gasteiger partial charge in [-0.25, -0.2) is 8.42 Å². The topological polar surface area (TPSA) is 96.0 Å². The molecule has 0 aromatic heterocycles. The summed E-state index contributed by atoms with van der Waals surface area (Å²) < 4.78 is 65.7. The van der Waals surface area contributed by atoms with Crippen molar-refractivity contribution in [1.29, 1.82) is 0 Å². The van der Waals surface area contributed by atoms with Crippen LogP contribution >= 0.6 is 0 Å². The minimum atomic E-state index is -3.82. The summed E-state index contributed by atoms with van der Waals surface area (Å²) in [6.45, 7) is 8.07. The Labute approximate surface area is 304 Å². The van der Waals surface area contributed by atoms with Crippen LogP contribution in [0.25, 0.3) is 0 Å². The zero-order valence-electron chi connectivity index (χ0n) is 30.3. The van der Waals surface area contributed by atoms with Gasteiger partial charge in [-0.15, -0.1) is 0 Å². The van der Waals surface area contributed by atoms with Crippen molar-refractivity contribution in [1.82, 2.24) is 4.31 Å². The zero-order valence-corrected chi connectivity index (χ0v) is 31.2. The number of hydrogen-bond donors (Lipinski definition) is 0. The molecule has 0 N–H and O–H groups in total. The molecular formula is C40H54N2O8S. The highest BCUT2D eigenvalue weighted by Gasteiger charge is 2.43. The summed E-state index contributed by atoms with van der Waals surface area (Å²) in [5.41, 5.74) is 5.20. The van der Waals surface area contributed by atoms with E-state index >= 15 is 0 Å². The van der Waals surface area contributed by atoms with Crippen molar-refractivity contribution >= 4 is 15.7 Å². The van der Waals surface area contributed by atoms with Crippen LogP contribution in [-0.4, -0.2) is 98.4 Å². The molecule has 51 heavy (non-hydrogen) atoms. The Morgan fingerprint density at radius 1 is 0.804 bits per heavy atom. The third-order valence-corrected chi connectivity index (χ3v) is 11.8. The van der Waals surface area contributed by atoms with E-state index in [1.807, 2.05) is 31.2 Å². The van der Waals surface area contributed by atoms with Gasteiger partial charge in [-0.1, -0.05) is 48.0 Å². The van der Waals surface area contributed by atoms with E-state index in [9.17, 15) is 8.42 Å². The highest BCUT2D eigenvalue weighted by Crippen LogP contribution is 2.37. The number of piperidine rings is 1. The first-order chi connectivity index (χ1) is 24.9. The van der Waals surface area contributed by atoms with E-state index < -0.39 is 22.2 Å². The third kappa shape index (κ3) is 10.1. The SMILES string of the molecule is COCCCO[C@@H]1CN(S(=O)(=O)c2ccc(C)cc2)C[C@H](OCc2ccc3c(c2)N(CCCOC)CCO3)[C@H]1c1ccc(COCC2CC2)cc1. The average molecular weight is 723 g/mol. The molecule has 2 heterocycles. The fraction of sp³-hybridized carbons (Fsp3) is 0.550. The molecule has 3 aromatic carbocycles. The maximum atomic E-state index is 14.1. The second-order valence-electron chi connectivity index (χ2n) is 13.9. The molecule has 0 bridgehead atoms. The number of aryl methyl sites for hydroxylation is 1. The van der Waals surface area contributed by atoms with E-state index in [0.717, 1.165) is 59.8 Å². The Kier molecular flexibility index (Phi) is 13.4. The van der Waals surface area contributed by atoms with Crippen LogP contribution in [0.1, 0.15) is 53.9 Å². The molecule has 1 saturated heterocycles. The van der Waals surface area contributed by atoms with Gasteiger partial charge in [0.25, 0.3) is 0 Å². The number of ether oxygens (including phenoxy) is 6. The summed E-state index contributed by atoms with van der Waals surface area (Å²) in [5.74, 6) is 1.37. The lowest BCUT2D eigenvalue weighted by Crippen LogP contribution is -2.54. The molecule has 6 rings (SSSR count). The van der Waals surface area contributed by atoms with Crippen LogP contribution in [0.4, 0.5) is 5.69 Å². The van der Waals surface area contributed by atoms with Crippen LogP contribution in [0, 0.1) is 12.8 Å². The smallest absolute Gasteiger partial charge is 0.243 e. The molecule has 1 saturated carbocycles. The van der Waals surface area contributed by atoms with Crippen molar-refractivity contribution in [2.75, 3.05) is 78.3 Å². The number of nitrogens with zero attached hydrogens (tertiary/aromatic N) is 2. The molecule has 2 aliphatic heterocycles. The summed E-state index contributed by atoms with van der Waals surface area (Å²) in [6, 6.07) is 21.7. The number of sulfonamides is 1. The Bertz CT molecular complexity index is 1630. The van der Waals surface area contributed by atoms with Crippen LogP contribution in [0.15, 0.2) is 71.6 Å². The van der Waals surface area contributed by atoms with Gasteiger partial charge in [-0.2, -0.15) is 4.31 Å². The highest BCUT2D eigenvalue weighted by atomic mass is 32.2. The zero-order chi connectivity index (χ0) is 35.6. The summed E-state index contributed by atoms with van der Waals surface area (Å²) >= 11 is 0. The average Bonchev–Trinajstić information content (AvgIpc) is 3.98. The van der Waals surface area contributed by atoms with Crippen LogP contribution in [0.3, 0.4) is 0 Å². The fourth-order valence-electron chi connectivity index (χ4n) is 6.89. The fourth-order valence-corrected chi connectivity index (χ4v) is 8.35. The third-order valence-electron chi connectivity index (χ3n) is 9.96. The molecule has 0 radical (unpaired) electrons. The highest BCUT2D eigenvalue weighted by molar-refractivity contribution is 7.89. The standard InChI is InChI=1S/C40H54N2O8S/c1-30-6-15-35(16-7-30)51(43,44)42-25-38(48-22-5-21-46-3)40(34-13-10-32(11-14-34)28-47-27-31-8-9-31)39(26-42)50-29-33-12-17-37-36(24-33)41(19-23-49-37)18-4-20-45-2/h6-7,10-17,24,31,38-40H,4-5,8-9,18-23,25-29H2,1-3H3/t38-,39+,40+/m1/s1. The first-order valence-corrected chi connectivity index (χ1v) is 19.7. The summed E-state index contributed by atoms with van der Waals surface area (Å²) in [5, 5.41) is 0.